The molecule has 160 valence electrons. The second kappa shape index (κ2) is 9.11. The molecule has 2 aromatic rings. The molecule has 0 saturated carbocycles. The predicted molar refractivity (Wildman–Crippen MR) is 114 cm³/mol. The van der Waals surface area contributed by atoms with E-state index >= 15 is 0 Å². The Kier molecular flexibility index (Phi) is 6.31. The first kappa shape index (κ1) is 20.8. The van der Waals surface area contributed by atoms with Gasteiger partial charge in [0.2, 0.25) is 0 Å². The van der Waals surface area contributed by atoms with Crippen molar-refractivity contribution in [2.75, 3.05) is 39.2 Å². The summed E-state index contributed by atoms with van der Waals surface area (Å²) in [5, 5.41) is 4.62. The van der Waals surface area contributed by atoms with E-state index in [1.54, 1.807) is 18.6 Å². The Hall–Kier alpha value is -2.49. The highest BCUT2D eigenvalue weighted by Crippen LogP contribution is 2.39. The second-order valence-electron chi connectivity index (χ2n) is 7.50. The first-order chi connectivity index (χ1) is 14.6. The molecular formula is C21H26N4O4S. The lowest BCUT2D eigenvalue weighted by Gasteiger charge is -2.53. The Morgan fingerprint density at radius 1 is 1.17 bits per heavy atom. The van der Waals surface area contributed by atoms with Crippen LogP contribution in [0.15, 0.2) is 36.0 Å². The van der Waals surface area contributed by atoms with Crippen LogP contribution in [0.25, 0.3) is 0 Å². The van der Waals surface area contributed by atoms with E-state index in [2.05, 4.69) is 15.2 Å². The number of thiophene rings is 1. The summed E-state index contributed by atoms with van der Waals surface area (Å²) in [6.07, 6.45) is 5.62. The smallest absolute Gasteiger partial charge is 0.350 e. The van der Waals surface area contributed by atoms with Crippen molar-refractivity contribution in [2.24, 2.45) is 0 Å². The van der Waals surface area contributed by atoms with Gasteiger partial charge in [-0.2, -0.15) is 0 Å². The average molecular weight is 431 g/mol. The number of aromatic nitrogens is 1. The lowest BCUT2D eigenvalue weighted by molar-refractivity contribution is -0.115. The number of rotatable bonds is 5. The fourth-order valence-corrected chi connectivity index (χ4v) is 5.06. The van der Waals surface area contributed by atoms with Gasteiger partial charge in [-0.1, -0.05) is 0 Å². The summed E-state index contributed by atoms with van der Waals surface area (Å²) in [5.41, 5.74) is 1.72. The van der Waals surface area contributed by atoms with Crippen molar-refractivity contribution in [3.05, 3.63) is 46.4 Å². The fourth-order valence-electron chi connectivity index (χ4n) is 4.30. The number of carbonyl (C=O) groups excluding carboxylic acids is 2. The third-order valence-corrected chi connectivity index (χ3v) is 6.84. The number of nitrogens with one attached hydrogen (secondary N) is 1. The Labute approximate surface area is 179 Å². The second-order valence-corrected chi connectivity index (χ2v) is 8.42. The number of methoxy groups -OCH3 is 2. The van der Waals surface area contributed by atoms with E-state index < -0.39 is 5.97 Å². The zero-order chi connectivity index (χ0) is 21.1. The maximum Gasteiger partial charge on any atom is 0.350 e. The van der Waals surface area contributed by atoms with Gasteiger partial charge in [-0.3, -0.25) is 9.88 Å². The van der Waals surface area contributed by atoms with Gasteiger partial charge < -0.3 is 19.7 Å². The first-order valence-electron chi connectivity index (χ1n) is 10.0. The van der Waals surface area contributed by atoms with Crippen LogP contribution in [0.4, 0.5) is 10.5 Å². The highest BCUT2D eigenvalue weighted by atomic mass is 32.1. The molecule has 4 heterocycles. The van der Waals surface area contributed by atoms with Gasteiger partial charge in [-0.15, -0.1) is 11.3 Å². The maximum absolute atomic E-state index is 12.7. The summed E-state index contributed by atoms with van der Waals surface area (Å²) in [6.45, 7) is 2.24. The summed E-state index contributed by atoms with van der Waals surface area (Å²) in [5.74, 6) is -0.438. The molecule has 0 unspecified atom stereocenters. The van der Waals surface area contributed by atoms with Crippen molar-refractivity contribution in [1.29, 1.82) is 0 Å². The molecule has 2 amide bonds. The Morgan fingerprint density at radius 2 is 1.90 bits per heavy atom. The van der Waals surface area contributed by atoms with Crippen LogP contribution in [0.3, 0.4) is 0 Å². The fraction of sp³-hybridized carbons (Fsp3) is 0.476. The first-order valence-corrected chi connectivity index (χ1v) is 10.9. The summed E-state index contributed by atoms with van der Waals surface area (Å²) < 4.78 is 10.4. The minimum absolute atomic E-state index is 0.180. The largest absolute Gasteiger partial charge is 0.465 e. The molecule has 0 aliphatic carbocycles. The Morgan fingerprint density at radius 3 is 2.57 bits per heavy atom. The summed E-state index contributed by atoms with van der Waals surface area (Å²) in [7, 11) is 3.09. The summed E-state index contributed by atoms with van der Waals surface area (Å²) in [4.78, 5) is 33.3. The number of pyridine rings is 1. The minimum Gasteiger partial charge on any atom is -0.465 e. The predicted octanol–water partition coefficient (Wildman–Crippen LogP) is 3.00. The van der Waals surface area contributed by atoms with Crippen LogP contribution in [0.1, 0.15) is 34.1 Å². The van der Waals surface area contributed by atoms with Crippen LogP contribution in [-0.2, 0) is 9.47 Å². The topological polar surface area (TPSA) is 84.0 Å². The summed E-state index contributed by atoms with van der Waals surface area (Å²) in [6, 6.07) is 6.28. The van der Waals surface area contributed by atoms with Gasteiger partial charge in [-0.25, -0.2) is 9.59 Å². The number of amides is 2. The molecule has 2 aliphatic rings. The van der Waals surface area contributed by atoms with Crippen LogP contribution >= 0.6 is 11.3 Å². The number of anilines is 1. The molecular weight excluding hydrogens is 404 g/mol. The lowest BCUT2D eigenvalue weighted by Crippen LogP contribution is -2.60. The number of hydrogen-bond donors (Lipinski definition) is 1. The third-order valence-electron chi connectivity index (χ3n) is 5.95. The Balaban J connectivity index is 1.34. The molecule has 0 radical (unpaired) electrons. The van der Waals surface area contributed by atoms with Crippen LogP contribution in [-0.4, -0.2) is 72.8 Å². The van der Waals surface area contributed by atoms with Crippen molar-refractivity contribution in [2.45, 2.75) is 31.0 Å². The maximum atomic E-state index is 12.7. The number of piperidine rings is 1. The van der Waals surface area contributed by atoms with Crippen molar-refractivity contribution in [3.8, 4) is 0 Å². The van der Waals surface area contributed by atoms with E-state index in [1.807, 2.05) is 29.4 Å². The number of urea groups is 1. The third kappa shape index (κ3) is 4.05. The van der Waals surface area contributed by atoms with E-state index in [-0.39, 0.29) is 18.2 Å². The number of ether oxygens (including phenoxy) is 2. The van der Waals surface area contributed by atoms with Crippen molar-refractivity contribution < 1.29 is 19.1 Å². The molecule has 2 saturated heterocycles. The summed E-state index contributed by atoms with van der Waals surface area (Å²) >= 11 is 1.26. The molecule has 2 aromatic heterocycles. The number of likely N-dealkylation sites (tertiary alicyclic amines) is 2. The number of carbonyl (C=O) groups is 2. The molecule has 1 N–H and O–H groups in total. The zero-order valence-corrected chi connectivity index (χ0v) is 17.9. The van der Waals surface area contributed by atoms with Crippen LogP contribution < -0.4 is 5.32 Å². The lowest BCUT2D eigenvalue weighted by atomic mass is 9.87. The molecule has 2 atom stereocenters. The number of hydrogen-bond acceptors (Lipinski definition) is 7. The number of nitrogens with zero attached hydrogens (tertiary/aromatic N) is 3. The minimum atomic E-state index is -0.438. The van der Waals surface area contributed by atoms with Gasteiger partial charge >= 0.3 is 12.0 Å². The van der Waals surface area contributed by atoms with E-state index in [0.717, 1.165) is 19.4 Å². The molecule has 9 heteroatoms. The van der Waals surface area contributed by atoms with Gasteiger partial charge in [0.15, 0.2) is 0 Å². The van der Waals surface area contributed by atoms with Gasteiger partial charge in [0.05, 0.1) is 24.9 Å². The van der Waals surface area contributed by atoms with Crippen LogP contribution in [0.5, 0.6) is 0 Å². The molecule has 0 aromatic carbocycles. The van der Waals surface area contributed by atoms with E-state index in [0.29, 0.717) is 29.7 Å². The molecule has 0 bridgehead atoms. The molecule has 2 fully saturated rings. The van der Waals surface area contributed by atoms with E-state index in [9.17, 15) is 9.59 Å². The van der Waals surface area contributed by atoms with Gasteiger partial charge in [-0.05, 0) is 42.0 Å². The molecule has 30 heavy (non-hydrogen) atoms. The zero-order valence-electron chi connectivity index (χ0n) is 17.1. The van der Waals surface area contributed by atoms with Crippen LogP contribution in [0.2, 0.25) is 0 Å². The SMILES string of the molecule is COC(=O)c1sccc1NC(=O)N1CCC(N2C[C@H](OC)[C@@H]2c2ccncc2)CC1. The van der Waals surface area contributed by atoms with Crippen molar-refractivity contribution in [3.63, 3.8) is 0 Å². The van der Waals surface area contributed by atoms with Gasteiger partial charge in [0.1, 0.15) is 4.88 Å². The molecule has 0 spiro atoms. The molecule has 8 nitrogen and oxygen atoms in total. The van der Waals surface area contributed by atoms with Gasteiger partial charge in [0, 0.05) is 45.2 Å². The van der Waals surface area contributed by atoms with Crippen LogP contribution in [0, 0.1) is 0 Å². The average Bonchev–Trinajstić information content (AvgIpc) is 3.22. The highest BCUT2D eigenvalue weighted by Gasteiger charge is 2.44. The highest BCUT2D eigenvalue weighted by molar-refractivity contribution is 7.12. The molecule has 4 rings (SSSR count). The van der Waals surface area contributed by atoms with Gasteiger partial charge in [0.25, 0.3) is 0 Å². The van der Waals surface area contributed by atoms with Crippen molar-refractivity contribution >= 4 is 29.0 Å². The van der Waals surface area contributed by atoms with E-state index in [1.165, 1.54) is 24.0 Å². The van der Waals surface area contributed by atoms with Crippen molar-refractivity contribution in [1.82, 2.24) is 14.8 Å². The Bertz CT molecular complexity index is 882. The monoisotopic (exact) mass is 430 g/mol. The standard InChI is InChI=1S/C21H26N4O4S/c1-28-17-13-25(18(17)14-3-8-22-9-4-14)15-5-10-24(11-6-15)21(27)23-16-7-12-30-19(16)20(26)29-2/h3-4,7-9,12,15,17-18H,5-6,10-11,13H2,1-2H3,(H,23,27)/t17-,18-/m0/s1. The van der Waals surface area contributed by atoms with E-state index in [4.69, 9.17) is 9.47 Å². The normalized spacial score (nSPS) is 22.4. The number of esters is 1. The molecule has 2 aliphatic heterocycles. The quantitative estimate of drug-likeness (QED) is 0.734.